The van der Waals surface area contributed by atoms with Gasteiger partial charge in [-0.25, -0.2) is 14.5 Å². The molecular formula is C21H19N3O5. The Bertz CT molecular complexity index is 1030. The summed E-state index contributed by atoms with van der Waals surface area (Å²) in [5.41, 5.74) is 1.89. The normalized spacial score (nSPS) is 16.3. The molecule has 3 rings (SSSR count). The predicted octanol–water partition coefficient (Wildman–Crippen LogP) is 2.61. The van der Waals surface area contributed by atoms with Gasteiger partial charge in [0.1, 0.15) is 0 Å². The monoisotopic (exact) mass is 393 g/mol. The quantitative estimate of drug-likeness (QED) is 0.598. The smallest absolute Gasteiger partial charge is 0.337 e. The highest BCUT2D eigenvalue weighted by Gasteiger charge is 2.43. The summed E-state index contributed by atoms with van der Waals surface area (Å²) in [6, 6.07) is 12.4. The number of rotatable bonds is 5. The minimum atomic E-state index is -1.32. The number of urea groups is 1. The second kappa shape index (κ2) is 7.97. The van der Waals surface area contributed by atoms with Crippen LogP contribution in [0.15, 0.2) is 60.8 Å². The van der Waals surface area contributed by atoms with E-state index in [9.17, 15) is 19.2 Å². The average molecular weight is 393 g/mol. The van der Waals surface area contributed by atoms with Gasteiger partial charge in [-0.15, -0.1) is 0 Å². The van der Waals surface area contributed by atoms with E-state index in [1.165, 1.54) is 13.2 Å². The zero-order valence-electron chi connectivity index (χ0n) is 15.9. The van der Waals surface area contributed by atoms with Crippen molar-refractivity contribution in [3.05, 3.63) is 71.9 Å². The van der Waals surface area contributed by atoms with Gasteiger partial charge in [0, 0.05) is 11.4 Å². The Hall–Kier alpha value is -3.94. The maximum Gasteiger partial charge on any atom is 0.337 e. The molecule has 0 spiro atoms. The molecule has 0 aromatic heterocycles. The number of imide groups is 2. The van der Waals surface area contributed by atoms with E-state index in [-0.39, 0.29) is 5.70 Å². The van der Waals surface area contributed by atoms with E-state index in [0.29, 0.717) is 22.5 Å². The van der Waals surface area contributed by atoms with Crippen molar-refractivity contribution in [2.24, 2.45) is 5.92 Å². The number of methoxy groups -OCH3 is 1. The van der Waals surface area contributed by atoms with Gasteiger partial charge in [0.25, 0.3) is 5.91 Å². The number of barbiturate groups is 1. The first-order valence-electron chi connectivity index (χ1n) is 8.72. The summed E-state index contributed by atoms with van der Waals surface area (Å²) in [5.74, 6) is -3.34. The molecule has 1 atom stereocenters. The largest absolute Gasteiger partial charge is 0.465 e. The summed E-state index contributed by atoms with van der Waals surface area (Å²) in [4.78, 5) is 50.3. The van der Waals surface area contributed by atoms with Crippen LogP contribution < -0.4 is 15.5 Å². The van der Waals surface area contributed by atoms with Gasteiger partial charge in [0.2, 0.25) is 5.91 Å². The SMILES string of the molecule is C=C(Nc1cccc(C(=O)OC)c1)[C@@H]1C(=O)NC(=O)N(c2ccccc2C)C1=O. The zero-order valence-corrected chi connectivity index (χ0v) is 15.9. The van der Waals surface area contributed by atoms with Crippen molar-refractivity contribution in [2.75, 3.05) is 17.3 Å². The average Bonchev–Trinajstić information content (AvgIpc) is 2.68. The Kier molecular flexibility index (Phi) is 5.45. The molecule has 29 heavy (non-hydrogen) atoms. The molecule has 0 aliphatic carbocycles. The molecule has 2 aromatic carbocycles. The van der Waals surface area contributed by atoms with Crippen molar-refractivity contribution in [1.82, 2.24) is 5.32 Å². The van der Waals surface area contributed by atoms with Crippen LogP contribution >= 0.6 is 0 Å². The molecule has 4 amide bonds. The Labute approximate surface area is 167 Å². The number of carbonyl (C=O) groups is 4. The number of nitrogens with one attached hydrogen (secondary N) is 2. The summed E-state index contributed by atoms with van der Waals surface area (Å²) in [7, 11) is 1.27. The van der Waals surface area contributed by atoms with Crippen molar-refractivity contribution >= 4 is 35.2 Å². The molecule has 0 saturated carbocycles. The molecular weight excluding hydrogens is 374 g/mol. The summed E-state index contributed by atoms with van der Waals surface area (Å²) in [6.07, 6.45) is 0. The molecule has 0 bridgehead atoms. The second-order valence-corrected chi connectivity index (χ2v) is 6.41. The Morgan fingerprint density at radius 3 is 2.55 bits per heavy atom. The predicted molar refractivity (Wildman–Crippen MR) is 106 cm³/mol. The van der Waals surface area contributed by atoms with Gasteiger partial charge in [-0.3, -0.25) is 14.9 Å². The molecule has 0 radical (unpaired) electrons. The Morgan fingerprint density at radius 2 is 1.86 bits per heavy atom. The fraction of sp³-hybridized carbons (Fsp3) is 0.143. The lowest BCUT2D eigenvalue weighted by Gasteiger charge is -2.32. The first kappa shape index (κ1) is 19.8. The number of hydrogen-bond acceptors (Lipinski definition) is 6. The van der Waals surface area contributed by atoms with E-state index in [0.717, 1.165) is 4.90 Å². The fourth-order valence-corrected chi connectivity index (χ4v) is 3.02. The van der Waals surface area contributed by atoms with Crippen LogP contribution in [0.5, 0.6) is 0 Å². The van der Waals surface area contributed by atoms with Gasteiger partial charge in [0.15, 0.2) is 5.92 Å². The molecule has 1 fully saturated rings. The maximum absolute atomic E-state index is 13.0. The van der Waals surface area contributed by atoms with Crippen molar-refractivity contribution < 1.29 is 23.9 Å². The van der Waals surface area contributed by atoms with Crippen LogP contribution in [0, 0.1) is 12.8 Å². The standard InChI is InChI=1S/C21H19N3O5/c1-12-7-4-5-10-16(12)24-19(26)17(18(25)23-21(24)28)13(2)22-15-9-6-8-14(11-15)20(27)29-3/h4-11,17,22H,2H2,1,3H3,(H,23,25,28)/t17-/m1/s1. The first-order valence-corrected chi connectivity index (χ1v) is 8.72. The summed E-state index contributed by atoms with van der Waals surface area (Å²) < 4.78 is 4.68. The van der Waals surface area contributed by atoms with E-state index in [4.69, 9.17) is 0 Å². The third-order valence-corrected chi connectivity index (χ3v) is 4.46. The van der Waals surface area contributed by atoms with Crippen LogP contribution in [0.2, 0.25) is 0 Å². The molecule has 8 nitrogen and oxygen atoms in total. The molecule has 1 heterocycles. The molecule has 1 aliphatic heterocycles. The van der Waals surface area contributed by atoms with E-state index in [1.54, 1.807) is 49.4 Å². The lowest BCUT2D eigenvalue weighted by atomic mass is 9.99. The highest BCUT2D eigenvalue weighted by Crippen LogP contribution is 2.27. The van der Waals surface area contributed by atoms with Gasteiger partial charge in [-0.2, -0.15) is 0 Å². The van der Waals surface area contributed by atoms with Crippen LogP contribution in [0.4, 0.5) is 16.2 Å². The number of nitrogens with zero attached hydrogens (tertiary/aromatic N) is 1. The highest BCUT2D eigenvalue weighted by molar-refractivity contribution is 6.29. The van der Waals surface area contributed by atoms with Gasteiger partial charge in [-0.05, 0) is 36.8 Å². The Morgan fingerprint density at radius 1 is 1.14 bits per heavy atom. The molecule has 1 aliphatic rings. The second-order valence-electron chi connectivity index (χ2n) is 6.41. The number of para-hydroxylation sites is 1. The van der Waals surface area contributed by atoms with Crippen LogP contribution in [-0.4, -0.2) is 30.9 Å². The van der Waals surface area contributed by atoms with Gasteiger partial charge in [0.05, 0.1) is 18.4 Å². The van der Waals surface area contributed by atoms with Crippen LogP contribution in [0.1, 0.15) is 15.9 Å². The van der Waals surface area contributed by atoms with Crippen molar-refractivity contribution in [1.29, 1.82) is 0 Å². The number of anilines is 2. The summed E-state index contributed by atoms with van der Waals surface area (Å²) >= 11 is 0. The molecule has 1 saturated heterocycles. The minimum Gasteiger partial charge on any atom is -0.465 e. The molecule has 0 unspecified atom stereocenters. The third kappa shape index (κ3) is 3.86. The van der Waals surface area contributed by atoms with E-state index < -0.39 is 29.7 Å². The topological polar surface area (TPSA) is 105 Å². The molecule has 2 N–H and O–H groups in total. The molecule has 8 heteroatoms. The highest BCUT2D eigenvalue weighted by atomic mass is 16.5. The number of aryl methyl sites for hydroxylation is 1. The van der Waals surface area contributed by atoms with Crippen molar-refractivity contribution in [2.45, 2.75) is 6.92 Å². The minimum absolute atomic E-state index is 0.0700. The molecule has 2 aromatic rings. The number of ether oxygens (including phenoxy) is 1. The number of hydrogen-bond donors (Lipinski definition) is 2. The number of esters is 1. The van der Waals surface area contributed by atoms with Crippen LogP contribution in [-0.2, 0) is 14.3 Å². The first-order chi connectivity index (χ1) is 13.8. The fourth-order valence-electron chi connectivity index (χ4n) is 3.02. The summed E-state index contributed by atoms with van der Waals surface area (Å²) in [5, 5.41) is 5.06. The van der Waals surface area contributed by atoms with Crippen LogP contribution in [0.25, 0.3) is 0 Å². The maximum atomic E-state index is 13.0. The van der Waals surface area contributed by atoms with Gasteiger partial charge >= 0.3 is 12.0 Å². The number of amides is 4. The summed E-state index contributed by atoms with van der Waals surface area (Å²) in [6.45, 7) is 5.55. The lowest BCUT2D eigenvalue weighted by molar-refractivity contribution is -0.132. The lowest BCUT2D eigenvalue weighted by Crippen LogP contribution is -2.59. The van der Waals surface area contributed by atoms with E-state index in [1.807, 2.05) is 0 Å². The number of benzene rings is 2. The third-order valence-electron chi connectivity index (χ3n) is 4.46. The van der Waals surface area contributed by atoms with E-state index in [2.05, 4.69) is 21.9 Å². The van der Waals surface area contributed by atoms with Crippen molar-refractivity contribution in [3.8, 4) is 0 Å². The Balaban J connectivity index is 1.87. The van der Waals surface area contributed by atoms with Crippen molar-refractivity contribution in [3.63, 3.8) is 0 Å². The zero-order chi connectivity index (χ0) is 21.1. The van der Waals surface area contributed by atoms with Gasteiger partial charge < -0.3 is 10.1 Å². The van der Waals surface area contributed by atoms with Crippen LogP contribution in [0.3, 0.4) is 0 Å². The van der Waals surface area contributed by atoms with Gasteiger partial charge in [-0.1, -0.05) is 30.8 Å². The molecule has 148 valence electrons. The van der Waals surface area contributed by atoms with E-state index >= 15 is 0 Å². The number of carbonyl (C=O) groups excluding carboxylic acids is 4.